The van der Waals surface area contributed by atoms with Crippen LogP contribution in [0.4, 0.5) is 0 Å². The Bertz CT molecular complexity index is 3470. The van der Waals surface area contributed by atoms with Gasteiger partial charge in [-0.15, -0.1) is 0 Å². The summed E-state index contributed by atoms with van der Waals surface area (Å²) < 4.78 is 10.7. The van der Waals surface area contributed by atoms with E-state index in [1.54, 1.807) is 0 Å². The second kappa shape index (κ2) is 14.2. The Labute approximate surface area is 368 Å². The van der Waals surface area contributed by atoms with E-state index in [0.29, 0.717) is 0 Å². The van der Waals surface area contributed by atoms with Gasteiger partial charge in [-0.05, 0) is 0 Å². The molecule has 0 spiro atoms. The summed E-state index contributed by atoms with van der Waals surface area (Å²) in [5, 5.41) is 5.07. The quantitative estimate of drug-likeness (QED) is 0.147. The van der Waals surface area contributed by atoms with Crippen LogP contribution in [-0.4, -0.2) is 22.4 Å². The molecule has 0 atom stereocenters. The van der Waals surface area contributed by atoms with Crippen LogP contribution in [0, 0.1) is 0 Å². The molecule has 3 heteroatoms. The molecule has 1 aliphatic rings. The van der Waals surface area contributed by atoms with E-state index in [2.05, 4.69) is 252 Å². The second-order valence-corrected chi connectivity index (χ2v) is 24.7. The fraction of sp³-hybridized carbons (Fsp3) is 0. The molecule has 13 rings (SSSR count). The van der Waals surface area contributed by atoms with E-state index in [9.17, 15) is 0 Å². The zero-order chi connectivity index (χ0) is 41.5. The van der Waals surface area contributed by atoms with Crippen LogP contribution >= 0.6 is 0 Å². The van der Waals surface area contributed by atoms with Gasteiger partial charge in [-0.1, -0.05) is 0 Å². The summed E-state index contributed by atoms with van der Waals surface area (Å²) in [6.07, 6.45) is 0. The summed E-state index contributed by atoms with van der Waals surface area (Å²) in [5.41, 5.74) is 14.9. The first-order valence-electron chi connectivity index (χ1n) is 21.8. The zero-order valence-electron chi connectivity index (χ0n) is 34.5. The molecular formula is C60H40GeN2. The molecule has 2 nitrogen and oxygen atoms in total. The fourth-order valence-electron chi connectivity index (χ4n) is 10.9. The number of hydrogen-bond donors (Lipinski definition) is 0. The van der Waals surface area contributed by atoms with Gasteiger partial charge in [0.2, 0.25) is 0 Å². The van der Waals surface area contributed by atoms with Gasteiger partial charge >= 0.3 is 371 Å². The standard InChI is InChI=1S/C60H40GeN2/c1-5-17-45(18-6-1)61(46-19-7-2-8-20-46)55-39-43(41-31-35-59-53(37-41)51-25-13-15-27-57(51)62(59)47-21-9-3-10-22-47)29-33-49(55)50-34-30-44(40-56(50)61)42-32-36-60-54(38-42)52-26-14-16-28-58(52)63(60)48-23-11-4-12-24-48/h1-40H. The van der Waals surface area contributed by atoms with Gasteiger partial charge < -0.3 is 0 Å². The van der Waals surface area contributed by atoms with Crippen molar-refractivity contribution in [2.45, 2.75) is 0 Å². The van der Waals surface area contributed by atoms with Gasteiger partial charge in [-0.25, -0.2) is 0 Å². The van der Waals surface area contributed by atoms with Crippen molar-refractivity contribution in [2.24, 2.45) is 0 Å². The van der Waals surface area contributed by atoms with Gasteiger partial charge in [0.25, 0.3) is 0 Å². The van der Waals surface area contributed by atoms with E-state index in [1.807, 2.05) is 0 Å². The Hall–Kier alpha value is -7.66. The third kappa shape index (κ3) is 5.38. The predicted octanol–water partition coefficient (Wildman–Crippen LogP) is 12.6. The topological polar surface area (TPSA) is 9.86 Å². The molecule has 0 fully saturated rings. The summed E-state index contributed by atoms with van der Waals surface area (Å²) in [4.78, 5) is 0. The molecule has 0 bridgehead atoms. The molecule has 63 heavy (non-hydrogen) atoms. The molecule has 12 aromatic rings. The number of aromatic nitrogens is 2. The first kappa shape index (κ1) is 36.0. The molecule has 0 unspecified atom stereocenters. The van der Waals surface area contributed by atoms with Crippen molar-refractivity contribution in [2.75, 3.05) is 0 Å². The Balaban J connectivity index is 1.02. The molecule has 0 saturated carbocycles. The summed E-state index contributed by atoms with van der Waals surface area (Å²) in [6.45, 7) is 0. The summed E-state index contributed by atoms with van der Waals surface area (Å²) >= 11 is -3.64. The Kier molecular flexibility index (Phi) is 8.12. The van der Waals surface area contributed by atoms with E-state index in [0.717, 1.165) is 0 Å². The fourth-order valence-corrected chi connectivity index (χ4v) is 21.9. The molecule has 0 aliphatic carbocycles. The van der Waals surface area contributed by atoms with E-state index in [4.69, 9.17) is 0 Å². The van der Waals surface area contributed by atoms with Crippen molar-refractivity contribution in [1.82, 2.24) is 9.13 Å². The molecular weight excluding hydrogens is 821 g/mol. The number of nitrogens with zero attached hydrogens (tertiary/aromatic N) is 2. The first-order valence-corrected chi connectivity index (χ1v) is 26.0. The van der Waals surface area contributed by atoms with Crippen LogP contribution in [0.15, 0.2) is 243 Å². The molecule has 0 amide bonds. The van der Waals surface area contributed by atoms with Gasteiger partial charge in [0.15, 0.2) is 0 Å². The normalized spacial score (nSPS) is 12.9. The maximum absolute atomic E-state index is 3.64. The molecule has 0 radical (unpaired) electrons. The van der Waals surface area contributed by atoms with Crippen LogP contribution < -0.4 is 17.6 Å². The summed E-state index contributed by atoms with van der Waals surface area (Å²) in [6, 6.07) is 90.8. The van der Waals surface area contributed by atoms with Crippen LogP contribution in [0.25, 0.3) is 88.4 Å². The monoisotopic (exact) mass is 862 g/mol. The van der Waals surface area contributed by atoms with Crippen LogP contribution in [0.3, 0.4) is 0 Å². The van der Waals surface area contributed by atoms with Crippen molar-refractivity contribution < 1.29 is 0 Å². The summed E-state index contributed by atoms with van der Waals surface area (Å²) in [5.74, 6) is 0. The third-order valence-corrected chi connectivity index (χ3v) is 23.8. The molecule has 0 N–H and O–H groups in total. The number of rotatable bonds is 6. The number of fused-ring (bicyclic) bond motifs is 9. The van der Waals surface area contributed by atoms with Crippen molar-refractivity contribution in [3.05, 3.63) is 243 Å². The van der Waals surface area contributed by atoms with Crippen molar-refractivity contribution in [3.8, 4) is 44.8 Å². The Morgan fingerprint density at radius 3 is 1.02 bits per heavy atom. The van der Waals surface area contributed by atoms with E-state index >= 15 is 0 Å². The minimum atomic E-state index is -3.64. The molecule has 10 aromatic carbocycles. The second-order valence-electron chi connectivity index (χ2n) is 16.8. The zero-order valence-corrected chi connectivity index (χ0v) is 36.6. The summed E-state index contributed by atoms with van der Waals surface area (Å²) in [7, 11) is 0. The van der Waals surface area contributed by atoms with E-state index < -0.39 is 13.3 Å². The van der Waals surface area contributed by atoms with Crippen LogP contribution in [0.5, 0.6) is 0 Å². The predicted molar refractivity (Wildman–Crippen MR) is 269 cm³/mol. The maximum atomic E-state index is 2.57. The number of benzene rings is 10. The molecule has 3 heterocycles. The molecule has 294 valence electrons. The van der Waals surface area contributed by atoms with Gasteiger partial charge in [0, 0.05) is 0 Å². The van der Waals surface area contributed by atoms with Crippen molar-refractivity contribution >= 4 is 74.5 Å². The third-order valence-electron chi connectivity index (χ3n) is 13.6. The number of hydrogen-bond acceptors (Lipinski definition) is 0. The van der Waals surface area contributed by atoms with Gasteiger partial charge in [-0.3, -0.25) is 0 Å². The van der Waals surface area contributed by atoms with Crippen molar-refractivity contribution in [3.63, 3.8) is 0 Å². The molecule has 2 aromatic heterocycles. The van der Waals surface area contributed by atoms with Gasteiger partial charge in [-0.2, -0.15) is 0 Å². The SMILES string of the molecule is c1ccc(-n2c3ccccc3c3cc(-c4ccc5[c](c4)[Ge]([c]4ccccc4)([c]4ccccc4)[c]4cc(-c6ccc7c(c6)c6ccccc6n7-c6ccccc6)ccc4-5)ccc32)cc1. The first-order chi connectivity index (χ1) is 31.3. The van der Waals surface area contributed by atoms with Gasteiger partial charge in [0.1, 0.15) is 0 Å². The van der Waals surface area contributed by atoms with E-state index in [1.165, 1.54) is 106 Å². The van der Waals surface area contributed by atoms with Crippen LogP contribution in [-0.2, 0) is 0 Å². The average molecular weight is 862 g/mol. The van der Waals surface area contributed by atoms with Crippen LogP contribution in [0.1, 0.15) is 0 Å². The average Bonchev–Trinajstić information content (AvgIpc) is 3.98. The minimum absolute atomic E-state index is 1.17. The number of para-hydroxylation sites is 4. The van der Waals surface area contributed by atoms with Gasteiger partial charge in [0.05, 0.1) is 0 Å². The van der Waals surface area contributed by atoms with Crippen molar-refractivity contribution in [1.29, 1.82) is 0 Å². The molecule has 1 aliphatic heterocycles. The Morgan fingerprint density at radius 2 is 0.587 bits per heavy atom. The van der Waals surface area contributed by atoms with Crippen LogP contribution in [0.2, 0.25) is 0 Å². The van der Waals surface area contributed by atoms with E-state index in [-0.39, 0.29) is 0 Å². The molecule has 0 saturated heterocycles. The Morgan fingerprint density at radius 1 is 0.254 bits per heavy atom.